The molecule has 1 aromatic carbocycles. The normalized spacial score (nSPS) is 17.5. The van der Waals surface area contributed by atoms with Gasteiger partial charge in [-0.2, -0.15) is 0 Å². The minimum Gasteiger partial charge on any atom is -0.497 e. The molecule has 0 saturated carbocycles. The van der Waals surface area contributed by atoms with Gasteiger partial charge in [-0.25, -0.2) is 0 Å². The number of Topliss-reactive ketones (excluding diaryl/α,β-unsaturated/α-hetero) is 2. The van der Waals surface area contributed by atoms with Crippen molar-refractivity contribution in [3.8, 4) is 5.75 Å². The summed E-state index contributed by atoms with van der Waals surface area (Å²) in [5.41, 5.74) is 0.581. The Balaban J connectivity index is 2.19. The Morgan fingerprint density at radius 1 is 1.20 bits per heavy atom. The van der Waals surface area contributed by atoms with Crippen LogP contribution in [-0.2, 0) is 4.79 Å². The number of methoxy groups -OCH3 is 1. The lowest BCUT2D eigenvalue weighted by Crippen LogP contribution is -2.32. The third-order valence-corrected chi connectivity index (χ3v) is 6.29. The Kier molecular flexibility index (Phi) is 5.54. The molecule has 1 aliphatic rings. The summed E-state index contributed by atoms with van der Waals surface area (Å²) in [5.74, 6) is 2.10. The van der Waals surface area contributed by atoms with E-state index >= 15 is 0 Å². The first-order chi connectivity index (χ1) is 9.63. The van der Waals surface area contributed by atoms with Gasteiger partial charge in [0, 0.05) is 5.56 Å². The number of carbonyl (C=O) groups excluding carboxylic acids is 2. The quantitative estimate of drug-likeness (QED) is 0.617. The van der Waals surface area contributed by atoms with Crippen LogP contribution in [-0.4, -0.2) is 34.8 Å². The zero-order chi connectivity index (χ0) is 14.5. The lowest BCUT2D eigenvalue weighted by molar-refractivity contribution is -0.119. The molecule has 1 heterocycles. The second-order valence-corrected chi connectivity index (χ2v) is 7.44. The summed E-state index contributed by atoms with van der Waals surface area (Å²) in [7, 11) is 1.59. The van der Waals surface area contributed by atoms with Crippen LogP contribution in [0.5, 0.6) is 5.75 Å². The molecule has 0 spiro atoms. The number of benzene rings is 1. The third kappa shape index (κ3) is 3.58. The smallest absolute Gasteiger partial charge is 0.175 e. The second kappa shape index (κ2) is 7.18. The maximum atomic E-state index is 12.6. The first kappa shape index (κ1) is 15.4. The molecule has 0 aliphatic carbocycles. The molecule has 1 saturated heterocycles. The molecule has 1 fully saturated rings. The summed E-state index contributed by atoms with van der Waals surface area (Å²) in [5, 5.41) is 0. The highest BCUT2D eigenvalue weighted by atomic mass is 32.2. The highest BCUT2D eigenvalue weighted by molar-refractivity contribution is 8.17. The van der Waals surface area contributed by atoms with Crippen molar-refractivity contribution in [2.75, 3.05) is 18.6 Å². The van der Waals surface area contributed by atoms with Crippen LogP contribution in [0.2, 0.25) is 0 Å². The van der Waals surface area contributed by atoms with Gasteiger partial charge in [-0.05, 0) is 49.1 Å². The SMILES string of the molecule is COc1ccc(C(=O)[C@H](C(C)=O)C2SCCCS2)cc1. The van der Waals surface area contributed by atoms with E-state index in [1.165, 1.54) is 6.92 Å². The summed E-state index contributed by atoms with van der Waals surface area (Å²) in [6.07, 6.45) is 1.15. The Hall–Kier alpha value is -0.940. The number of ether oxygens (including phenoxy) is 1. The molecule has 0 unspecified atom stereocenters. The molecule has 0 radical (unpaired) electrons. The highest BCUT2D eigenvalue weighted by Crippen LogP contribution is 2.37. The summed E-state index contributed by atoms with van der Waals surface area (Å²) >= 11 is 3.45. The van der Waals surface area contributed by atoms with Crippen LogP contribution in [0, 0.1) is 5.92 Å². The number of thioether (sulfide) groups is 2. The van der Waals surface area contributed by atoms with Gasteiger partial charge in [0.15, 0.2) is 5.78 Å². The average Bonchev–Trinajstić information content (AvgIpc) is 2.48. The molecule has 108 valence electrons. The van der Waals surface area contributed by atoms with E-state index in [9.17, 15) is 9.59 Å². The zero-order valence-electron chi connectivity index (χ0n) is 11.6. The van der Waals surface area contributed by atoms with Gasteiger partial charge in [-0.1, -0.05) is 0 Å². The molecule has 2 rings (SSSR count). The molecule has 1 atom stereocenters. The van der Waals surface area contributed by atoms with Gasteiger partial charge in [0.2, 0.25) is 0 Å². The molecular formula is C15H18O3S2. The standard InChI is InChI=1S/C15H18O3S2/c1-10(16)13(15-19-8-3-9-20-15)14(17)11-4-6-12(18-2)7-5-11/h4-7,13,15H,3,8-9H2,1-2H3/t13-/m0/s1. The van der Waals surface area contributed by atoms with Crippen LogP contribution in [0.1, 0.15) is 23.7 Å². The van der Waals surface area contributed by atoms with Crippen molar-refractivity contribution in [1.82, 2.24) is 0 Å². The number of hydrogen-bond acceptors (Lipinski definition) is 5. The van der Waals surface area contributed by atoms with E-state index < -0.39 is 5.92 Å². The minimum absolute atomic E-state index is 0.0438. The van der Waals surface area contributed by atoms with E-state index in [1.807, 2.05) is 0 Å². The Morgan fingerprint density at radius 3 is 2.30 bits per heavy atom. The molecule has 1 aromatic rings. The largest absolute Gasteiger partial charge is 0.497 e. The van der Waals surface area contributed by atoms with E-state index in [1.54, 1.807) is 54.9 Å². The Labute approximate surface area is 127 Å². The minimum atomic E-state index is -0.543. The summed E-state index contributed by atoms with van der Waals surface area (Å²) in [4.78, 5) is 24.5. The zero-order valence-corrected chi connectivity index (χ0v) is 13.3. The maximum Gasteiger partial charge on any atom is 0.175 e. The van der Waals surface area contributed by atoms with Gasteiger partial charge < -0.3 is 4.74 Å². The second-order valence-electron chi connectivity index (χ2n) is 4.64. The van der Waals surface area contributed by atoms with Crippen LogP contribution in [0.3, 0.4) is 0 Å². The molecule has 0 bridgehead atoms. The van der Waals surface area contributed by atoms with Gasteiger partial charge in [0.25, 0.3) is 0 Å². The van der Waals surface area contributed by atoms with Gasteiger partial charge in [-0.3, -0.25) is 9.59 Å². The summed E-state index contributed by atoms with van der Waals surface area (Å²) in [6.45, 7) is 1.52. The summed E-state index contributed by atoms with van der Waals surface area (Å²) in [6, 6.07) is 6.97. The fourth-order valence-corrected chi connectivity index (χ4v) is 5.38. The topological polar surface area (TPSA) is 43.4 Å². The lowest BCUT2D eigenvalue weighted by Gasteiger charge is -2.26. The molecule has 0 aromatic heterocycles. The molecule has 0 amide bonds. The van der Waals surface area contributed by atoms with Crippen LogP contribution >= 0.6 is 23.5 Å². The first-order valence-electron chi connectivity index (χ1n) is 6.55. The van der Waals surface area contributed by atoms with Crippen molar-refractivity contribution in [3.05, 3.63) is 29.8 Å². The molecule has 3 nitrogen and oxygen atoms in total. The van der Waals surface area contributed by atoms with Crippen LogP contribution < -0.4 is 4.74 Å². The van der Waals surface area contributed by atoms with Gasteiger partial charge in [-0.15, -0.1) is 23.5 Å². The third-order valence-electron chi connectivity index (χ3n) is 3.22. The van der Waals surface area contributed by atoms with E-state index in [0.717, 1.165) is 17.9 Å². The number of rotatable bonds is 5. The molecule has 0 N–H and O–H groups in total. The molecule has 20 heavy (non-hydrogen) atoms. The highest BCUT2D eigenvalue weighted by Gasteiger charge is 2.34. The predicted molar refractivity (Wildman–Crippen MR) is 84.8 cm³/mol. The monoisotopic (exact) mass is 310 g/mol. The van der Waals surface area contributed by atoms with Crippen molar-refractivity contribution in [1.29, 1.82) is 0 Å². The Bertz CT molecular complexity index is 478. The molecule has 1 aliphatic heterocycles. The van der Waals surface area contributed by atoms with Crippen LogP contribution in [0.25, 0.3) is 0 Å². The van der Waals surface area contributed by atoms with E-state index in [2.05, 4.69) is 0 Å². The average molecular weight is 310 g/mol. The van der Waals surface area contributed by atoms with Crippen molar-refractivity contribution < 1.29 is 14.3 Å². The van der Waals surface area contributed by atoms with Crippen molar-refractivity contribution in [2.24, 2.45) is 5.92 Å². The van der Waals surface area contributed by atoms with Crippen molar-refractivity contribution in [2.45, 2.75) is 17.9 Å². The number of ketones is 2. The number of carbonyl (C=O) groups is 2. The first-order valence-corrected chi connectivity index (χ1v) is 8.65. The van der Waals surface area contributed by atoms with Gasteiger partial charge >= 0.3 is 0 Å². The molecular weight excluding hydrogens is 292 g/mol. The number of hydrogen-bond donors (Lipinski definition) is 0. The summed E-state index contributed by atoms with van der Waals surface area (Å²) < 4.78 is 5.14. The van der Waals surface area contributed by atoms with Crippen molar-refractivity contribution in [3.63, 3.8) is 0 Å². The fourth-order valence-electron chi connectivity index (χ4n) is 2.13. The predicted octanol–water partition coefficient (Wildman–Crippen LogP) is 3.28. The van der Waals surface area contributed by atoms with Gasteiger partial charge in [0.05, 0.1) is 11.7 Å². The lowest BCUT2D eigenvalue weighted by atomic mass is 9.96. The van der Waals surface area contributed by atoms with E-state index in [-0.39, 0.29) is 16.1 Å². The maximum absolute atomic E-state index is 12.6. The van der Waals surface area contributed by atoms with E-state index in [4.69, 9.17) is 4.74 Å². The van der Waals surface area contributed by atoms with Crippen LogP contribution in [0.15, 0.2) is 24.3 Å². The Morgan fingerprint density at radius 2 is 1.80 bits per heavy atom. The van der Waals surface area contributed by atoms with Crippen molar-refractivity contribution >= 4 is 35.1 Å². The van der Waals surface area contributed by atoms with Gasteiger partial charge in [0.1, 0.15) is 17.5 Å². The molecule has 5 heteroatoms. The fraction of sp³-hybridized carbons (Fsp3) is 0.467. The van der Waals surface area contributed by atoms with Crippen LogP contribution in [0.4, 0.5) is 0 Å². The van der Waals surface area contributed by atoms with E-state index in [0.29, 0.717) is 11.3 Å².